The van der Waals surface area contributed by atoms with Crippen molar-refractivity contribution in [3.05, 3.63) is 85.1 Å². The predicted octanol–water partition coefficient (Wildman–Crippen LogP) is 18.8. The number of carbonyl (C=O) groups is 1. The molecule has 0 radical (unpaired) electrons. The molecule has 0 aromatic heterocycles. The second-order valence-corrected chi connectivity index (χ2v) is 19.0. The molecule has 376 valence electrons. The van der Waals surface area contributed by atoms with E-state index >= 15 is 0 Å². The number of amides is 1. The summed E-state index contributed by atoms with van der Waals surface area (Å²) in [6, 6.07) is -0.638. The van der Waals surface area contributed by atoms with Crippen molar-refractivity contribution in [1.29, 1.82) is 0 Å². The van der Waals surface area contributed by atoms with Gasteiger partial charge in [0.1, 0.15) is 0 Å². The van der Waals surface area contributed by atoms with Gasteiger partial charge in [0.05, 0.1) is 18.8 Å². The van der Waals surface area contributed by atoms with E-state index in [2.05, 4.69) is 92.1 Å². The Labute approximate surface area is 405 Å². The molecule has 0 aliphatic carbocycles. The van der Waals surface area contributed by atoms with Crippen LogP contribution in [0.25, 0.3) is 0 Å². The fourth-order valence-corrected chi connectivity index (χ4v) is 8.34. The van der Waals surface area contributed by atoms with E-state index < -0.39 is 12.1 Å². The van der Waals surface area contributed by atoms with E-state index in [1.807, 2.05) is 6.08 Å². The van der Waals surface area contributed by atoms with Gasteiger partial charge in [-0.2, -0.15) is 0 Å². The zero-order valence-corrected chi connectivity index (χ0v) is 43.2. The molecule has 0 bridgehead atoms. The van der Waals surface area contributed by atoms with Crippen LogP contribution in [0.15, 0.2) is 85.1 Å². The van der Waals surface area contributed by atoms with Gasteiger partial charge in [-0.1, -0.05) is 279 Å². The van der Waals surface area contributed by atoms with Crippen molar-refractivity contribution in [2.45, 2.75) is 289 Å². The van der Waals surface area contributed by atoms with Gasteiger partial charge in [0.15, 0.2) is 0 Å². The highest BCUT2D eigenvalue weighted by atomic mass is 16.3. The first-order valence-corrected chi connectivity index (χ1v) is 28.3. The van der Waals surface area contributed by atoms with Crippen molar-refractivity contribution in [2.24, 2.45) is 0 Å². The minimum atomic E-state index is -0.861. The number of nitrogens with one attached hydrogen (secondary N) is 1. The second kappa shape index (κ2) is 55.9. The van der Waals surface area contributed by atoms with Gasteiger partial charge in [-0.05, 0) is 77.0 Å². The summed E-state index contributed by atoms with van der Waals surface area (Å²) in [7, 11) is 0. The zero-order valence-electron chi connectivity index (χ0n) is 43.2. The molecule has 0 saturated carbocycles. The summed E-state index contributed by atoms with van der Waals surface area (Å²) in [5.74, 6) is -0.0728. The van der Waals surface area contributed by atoms with Gasteiger partial charge in [0.2, 0.25) is 5.91 Å². The Morgan fingerprint density at radius 2 is 0.692 bits per heavy atom. The molecule has 0 aliphatic heterocycles. The Morgan fingerprint density at radius 3 is 1.08 bits per heavy atom. The molecule has 0 heterocycles. The average Bonchev–Trinajstić information content (AvgIpc) is 3.31. The van der Waals surface area contributed by atoms with Crippen LogP contribution in [0, 0.1) is 0 Å². The molecule has 0 saturated heterocycles. The van der Waals surface area contributed by atoms with Crippen LogP contribution in [0.5, 0.6) is 0 Å². The molecule has 4 heteroatoms. The molecule has 2 unspecified atom stereocenters. The Hall–Kier alpha value is -2.43. The Bertz CT molecular complexity index is 1160. The molecule has 2 atom stereocenters. The van der Waals surface area contributed by atoms with Crippen LogP contribution in [0.3, 0.4) is 0 Å². The summed E-state index contributed by atoms with van der Waals surface area (Å²) in [5.41, 5.74) is 0. The minimum Gasteiger partial charge on any atom is -0.394 e. The Balaban J connectivity index is 3.41. The topological polar surface area (TPSA) is 69.6 Å². The van der Waals surface area contributed by atoms with Gasteiger partial charge >= 0.3 is 0 Å². The second-order valence-electron chi connectivity index (χ2n) is 19.0. The molecule has 0 aromatic rings. The third kappa shape index (κ3) is 52.4. The summed E-state index contributed by atoms with van der Waals surface area (Å²) in [6.45, 7) is 4.17. The smallest absolute Gasteiger partial charge is 0.220 e. The molecule has 0 spiro atoms. The highest BCUT2D eigenvalue weighted by Gasteiger charge is 2.18. The van der Waals surface area contributed by atoms with Gasteiger partial charge in [0, 0.05) is 6.42 Å². The summed E-state index contributed by atoms with van der Waals surface area (Å²) in [5, 5.41) is 23.0. The zero-order chi connectivity index (χ0) is 47.0. The van der Waals surface area contributed by atoms with Gasteiger partial charge in [-0.15, -0.1) is 0 Å². The van der Waals surface area contributed by atoms with Gasteiger partial charge < -0.3 is 15.5 Å². The standard InChI is InChI=1S/C61H109NO3/c1-3-5-7-9-11-13-15-17-18-19-20-21-22-23-24-25-26-27-28-29-30-31-32-33-34-35-36-37-38-39-40-41-42-43-44-45-47-49-51-53-55-57-61(65)62-59(58-63)60(64)56-54-52-50-48-46-16-14-12-10-8-6-4-2/h5,7,11,13,17-18,20-21,23-24,46,48,54,56,59-60,63-64H,3-4,6,8-10,12,14-16,19,22,25-45,47,49-53,55,57-58H2,1-2H3,(H,62,65)/b7-5-,13-11-,18-17-,21-20-,24-23-,48-46+,56-54+. The van der Waals surface area contributed by atoms with E-state index in [9.17, 15) is 15.0 Å². The van der Waals surface area contributed by atoms with Crippen LogP contribution in [0.2, 0.25) is 0 Å². The molecule has 0 aliphatic rings. The minimum absolute atomic E-state index is 0.0728. The molecule has 0 rings (SSSR count). The van der Waals surface area contributed by atoms with E-state index in [1.54, 1.807) is 6.08 Å². The Morgan fingerprint density at radius 1 is 0.385 bits per heavy atom. The number of aliphatic hydroxyl groups is 2. The first-order valence-electron chi connectivity index (χ1n) is 28.3. The maximum absolute atomic E-state index is 12.4. The number of aliphatic hydroxyl groups excluding tert-OH is 2. The molecule has 65 heavy (non-hydrogen) atoms. The quantitative estimate of drug-likeness (QED) is 0.0421. The Kier molecular flexibility index (Phi) is 53.8. The molecule has 3 N–H and O–H groups in total. The number of unbranched alkanes of at least 4 members (excludes halogenated alkanes) is 32. The molecular weight excluding hydrogens is 795 g/mol. The highest BCUT2D eigenvalue weighted by molar-refractivity contribution is 5.76. The van der Waals surface area contributed by atoms with E-state index in [4.69, 9.17) is 0 Å². The van der Waals surface area contributed by atoms with Crippen LogP contribution in [-0.2, 0) is 4.79 Å². The lowest BCUT2D eigenvalue weighted by Crippen LogP contribution is -2.45. The number of carbonyl (C=O) groups excluding carboxylic acids is 1. The third-order valence-corrected chi connectivity index (χ3v) is 12.6. The fraction of sp³-hybridized carbons (Fsp3) is 0.754. The monoisotopic (exact) mass is 904 g/mol. The molecular formula is C61H109NO3. The van der Waals surface area contributed by atoms with E-state index in [-0.39, 0.29) is 12.5 Å². The number of hydrogen-bond acceptors (Lipinski definition) is 3. The largest absolute Gasteiger partial charge is 0.394 e. The van der Waals surface area contributed by atoms with Gasteiger partial charge in [-0.3, -0.25) is 4.79 Å². The number of hydrogen-bond donors (Lipinski definition) is 3. The normalized spacial score (nSPS) is 13.5. The molecule has 0 aromatic carbocycles. The van der Waals surface area contributed by atoms with Crippen molar-refractivity contribution in [3.63, 3.8) is 0 Å². The molecule has 4 nitrogen and oxygen atoms in total. The predicted molar refractivity (Wildman–Crippen MR) is 290 cm³/mol. The van der Waals surface area contributed by atoms with Crippen molar-refractivity contribution in [1.82, 2.24) is 5.32 Å². The third-order valence-electron chi connectivity index (χ3n) is 12.6. The van der Waals surface area contributed by atoms with E-state index in [0.717, 1.165) is 64.2 Å². The summed E-state index contributed by atoms with van der Waals surface area (Å²) in [6.07, 6.45) is 82.0. The van der Waals surface area contributed by atoms with Crippen LogP contribution < -0.4 is 5.32 Å². The van der Waals surface area contributed by atoms with Crippen molar-refractivity contribution >= 4 is 5.91 Å². The van der Waals surface area contributed by atoms with E-state index in [0.29, 0.717) is 6.42 Å². The van der Waals surface area contributed by atoms with Crippen molar-refractivity contribution in [2.75, 3.05) is 6.61 Å². The SMILES string of the molecule is CC/C=C\C/C=C\C/C=C\C/C=C\C/C=C\CCCCCCCCCCCCCCCCCCCCCCCCCCCC(=O)NC(CO)C(O)/C=C/CC/C=C/CCCCCCCC. The lowest BCUT2D eigenvalue weighted by Gasteiger charge is -2.19. The summed E-state index contributed by atoms with van der Waals surface area (Å²) in [4.78, 5) is 12.4. The van der Waals surface area contributed by atoms with Gasteiger partial charge in [-0.25, -0.2) is 0 Å². The molecule has 1 amide bonds. The lowest BCUT2D eigenvalue weighted by molar-refractivity contribution is -0.123. The first-order chi connectivity index (χ1) is 32.2. The van der Waals surface area contributed by atoms with Crippen LogP contribution in [-0.4, -0.2) is 34.9 Å². The number of rotatable bonds is 51. The lowest BCUT2D eigenvalue weighted by atomic mass is 10.0. The number of allylic oxidation sites excluding steroid dienone is 13. The highest BCUT2D eigenvalue weighted by Crippen LogP contribution is 2.17. The fourth-order valence-electron chi connectivity index (χ4n) is 8.34. The molecule has 0 fully saturated rings. The van der Waals surface area contributed by atoms with Crippen molar-refractivity contribution < 1.29 is 15.0 Å². The maximum atomic E-state index is 12.4. The van der Waals surface area contributed by atoms with E-state index in [1.165, 1.54) is 193 Å². The summed E-state index contributed by atoms with van der Waals surface area (Å²) < 4.78 is 0. The average molecular weight is 905 g/mol. The summed E-state index contributed by atoms with van der Waals surface area (Å²) >= 11 is 0. The van der Waals surface area contributed by atoms with Crippen molar-refractivity contribution in [3.8, 4) is 0 Å². The first kappa shape index (κ1) is 62.6. The van der Waals surface area contributed by atoms with Crippen LogP contribution >= 0.6 is 0 Å². The van der Waals surface area contributed by atoms with Crippen LogP contribution in [0.1, 0.15) is 277 Å². The van der Waals surface area contributed by atoms with Crippen LogP contribution in [0.4, 0.5) is 0 Å². The van der Waals surface area contributed by atoms with Gasteiger partial charge in [0.25, 0.3) is 0 Å². The maximum Gasteiger partial charge on any atom is 0.220 e.